The van der Waals surface area contributed by atoms with Crippen molar-refractivity contribution < 1.29 is 4.79 Å². The maximum Gasteiger partial charge on any atom is 0.223 e. The van der Waals surface area contributed by atoms with Crippen LogP contribution in [0.3, 0.4) is 0 Å². The summed E-state index contributed by atoms with van der Waals surface area (Å²) in [6.07, 6.45) is 6.58. The van der Waals surface area contributed by atoms with Crippen molar-refractivity contribution in [3.05, 3.63) is 48.6 Å². The van der Waals surface area contributed by atoms with Crippen LogP contribution in [0.2, 0.25) is 0 Å². The van der Waals surface area contributed by atoms with Crippen LogP contribution >= 0.6 is 0 Å². The van der Waals surface area contributed by atoms with Crippen LogP contribution in [0.5, 0.6) is 0 Å². The SMILES string of the molecule is C=CCN(CCc1ccccc1)C(=O)C[C@@H]1CCC[C@H]1N. The standard InChI is InChI=1S/C18H26N2O/c1-2-12-20(13-11-15-7-4-3-5-8-15)18(21)14-16-9-6-10-17(16)19/h2-5,7-8,16-17H,1,6,9-14,19H2/t16-,17+/m0/s1. The van der Waals surface area contributed by atoms with E-state index < -0.39 is 0 Å². The van der Waals surface area contributed by atoms with Crippen molar-refractivity contribution in [3.63, 3.8) is 0 Å². The highest BCUT2D eigenvalue weighted by Gasteiger charge is 2.27. The fourth-order valence-electron chi connectivity index (χ4n) is 3.05. The van der Waals surface area contributed by atoms with E-state index in [4.69, 9.17) is 5.73 Å². The number of amides is 1. The van der Waals surface area contributed by atoms with Crippen molar-refractivity contribution in [1.82, 2.24) is 4.90 Å². The van der Waals surface area contributed by atoms with E-state index in [0.717, 1.165) is 32.2 Å². The maximum absolute atomic E-state index is 12.5. The molecule has 3 heteroatoms. The molecule has 1 saturated carbocycles. The molecule has 0 heterocycles. The van der Waals surface area contributed by atoms with E-state index in [1.807, 2.05) is 23.1 Å². The van der Waals surface area contributed by atoms with Crippen molar-refractivity contribution in [2.24, 2.45) is 11.7 Å². The van der Waals surface area contributed by atoms with E-state index in [0.29, 0.717) is 18.9 Å². The summed E-state index contributed by atoms with van der Waals surface area (Å²) in [6.45, 7) is 5.13. The lowest BCUT2D eigenvalue weighted by molar-refractivity contribution is -0.131. The Bertz CT molecular complexity index is 458. The quantitative estimate of drug-likeness (QED) is 0.783. The summed E-state index contributed by atoms with van der Waals surface area (Å²) in [6, 6.07) is 10.5. The van der Waals surface area contributed by atoms with Gasteiger partial charge in [0.1, 0.15) is 0 Å². The predicted molar refractivity (Wildman–Crippen MR) is 86.9 cm³/mol. The molecule has 0 bridgehead atoms. The maximum atomic E-state index is 12.5. The fourth-order valence-corrected chi connectivity index (χ4v) is 3.05. The molecule has 0 aromatic heterocycles. The fraction of sp³-hybridized carbons (Fsp3) is 0.500. The van der Waals surface area contributed by atoms with Crippen molar-refractivity contribution in [2.75, 3.05) is 13.1 Å². The lowest BCUT2D eigenvalue weighted by Gasteiger charge is -2.24. The number of carbonyl (C=O) groups excluding carboxylic acids is 1. The Kier molecular flexibility index (Phi) is 6.00. The van der Waals surface area contributed by atoms with Crippen LogP contribution in [0.15, 0.2) is 43.0 Å². The third kappa shape index (κ3) is 4.71. The molecule has 2 N–H and O–H groups in total. The van der Waals surface area contributed by atoms with Gasteiger partial charge in [-0.1, -0.05) is 42.8 Å². The van der Waals surface area contributed by atoms with E-state index in [9.17, 15) is 4.79 Å². The van der Waals surface area contributed by atoms with Gasteiger partial charge >= 0.3 is 0 Å². The Balaban J connectivity index is 1.88. The topological polar surface area (TPSA) is 46.3 Å². The monoisotopic (exact) mass is 286 g/mol. The molecule has 1 aliphatic rings. The minimum absolute atomic E-state index is 0.202. The number of benzene rings is 1. The highest BCUT2D eigenvalue weighted by molar-refractivity contribution is 5.76. The van der Waals surface area contributed by atoms with Crippen LogP contribution in [-0.4, -0.2) is 29.9 Å². The predicted octanol–water partition coefficient (Wildman–Crippen LogP) is 2.76. The second-order valence-corrected chi connectivity index (χ2v) is 5.92. The van der Waals surface area contributed by atoms with Crippen molar-refractivity contribution in [1.29, 1.82) is 0 Å². The normalized spacial score (nSPS) is 21.2. The molecular weight excluding hydrogens is 260 g/mol. The van der Waals surface area contributed by atoms with Crippen LogP contribution in [0, 0.1) is 5.92 Å². The molecule has 2 rings (SSSR count). The van der Waals surface area contributed by atoms with Crippen molar-refractivity contribution in [3.8, 4) is 0 Å². The molecule has 114 valence electrons. The number of hydrogen-bond acceptors (Lipinski definition) is 2. The lowest BCUT2D eigenvalue weighted by atomic mass is 9.99. The summed E-state index contributed by atoms with van der Waals surface area (Å²) in [5.41, 5.74) is 7.34. The molecule has 0 spiro atoms. The second kappa shape index (κ2) is 7.99. The average Bonchev–Trinajstić information content (AvgIpc) is 2.89. The molecule has 0 unspecified atom stereocenters. The molecule has 1 aliphatic carbocycles. The summed E-state index contributed by atoms with van der Waals surface area (Å²) in [5.74, 6) is 0.578. The highest BCUT2D eigenvalue weighted by atomic mass is 16.2. The number of rotatable bonds is 7. The Labute approximate surface area is 127 Å². The summed E-state index contributed by atoms with van der Waals surface area (Å²) >= 11 is 0. The molecule has 0 aliphatic heterocycles. The minimum atomic E-state index is 0.202. The molecule has 0 radical (unpaired) electrons. The van der Waals surface area contributed by atoms with Gasteiger partial charge in [-0.25, -0.2) is 0 Å². The largest absolute Gasteiger partial charge is 0.339 e. The Hall–Kier alpha value is -1.61. The first-order chi connectivity index (χ1) is 10.2. The minimum Gasteiger partial charge on any atom is -0.339 e. The van der Waals surface area contributed by atoms with Gasteiger partial charge in [-0.05, 0) is 30.7 Å². The molecule has 1 aromatic carbocycles. The van der Waals surface area contributed by atoms with Gasteiger partial charge in [-0.15, -0.1) is 6.58 Å². The number of nitrogens with zero attached hydrogens (tertiary/aromatic N) is 1. The third-order valence-corrected chi connectivity index (χ3v) is 4.37. The number of nitrogens with two attached hydrogens (primary N) is 1. The van der Waals surface area contributed by atoms with Gasteiger partial charge in [0.15, 0.2) is 0 Å². The summed E-state index contributed by atoms with van der Waals surface area (Å²) in [5, 5.41) is 0. The first-order valence-electron chi connectivity index (χ1n) is 7.89. The van der Waals surface area contributed by atoms with Crippen LogP contribution in [0.25, 0.3) is 0 Å². The second-order valence-electron chi connectivity index (χ2n) is 5.92. The van der Waals surface area contributed by atoms with E-state index in [2.05, 4.69) is 18.7 Å². The van der Waals surface area contributed by atoms with E-state index in [1.54, 1.807) is 6.08 Å². The zero-order valence-electron chi connectivity index (χ0n) is 12.7. The molecule has 21 heavy (non-hydrogen) atoms. The first-order valence-corrected chi connectivity index (χ1v) is 7.89. The van der Waals surface area contributed by atoms with Gasteiger partial charge in [0.25, 0.3) is 0 Å². The van der Waals surface area contributed by atoms with Gasteiger partial charge in [0.2, 0.25) is 5.91 Å². The molecule has 1 amide bonds. The Morgan fingerprint density at radius 3 is 2.71 bits per heavy atom. The first kappa shape index (κ1) is 15.8. The van der Waals surface area contributed by atoms with Gasteiger partial charge in [0.05, 0.1) is 0 Å². The van der Waals surface area contributed by atoms with Crippen LogP contribution in [-0.2, 0) is 11.2 Å². The van der Waals surface area contributed by atoms with E-state index >= 15 is 0 Å². The van der Waals surface area contributed by atoms with Gasteiger partial charge in [0, 0.05) is 25.6 Å². The Morgan fingerprint density at radius 1 is 1.33 bits per heavy atom. The highest BCUT2D eigenvalue weighted by Crippen LogP contribution is 2.27. The number of hydrogen-bond donors (Lipinski definition) is 1. The van der Waals surface area contributed by atoms with Crippen molar-refractivity contribution in [2.45, 2.75) is 38.1 Å². The van der Waals surface area contributed by atoms with Crippen LogP contribution < -0.4 is 5.73 Å². The molecular formula is C18H26N2O. The summed E-state index contributed by atoms with van der Waals surface area (Å²) in [4.78, 5) is 14.4. The third-order valence-electron chi connectivity index (χ3n) is 4.37. The van der Waals surface area contributed by atoms with Crippen LogP contribution in [0.4, 0.5) is 0 Å². The summed E-state index contributed by atoms with van der Waals surface area (Å²) in [7, 11) is 0. The zero-order valence-corrected chi connectivity index (χ0v) is 12.7. The van der Waals surface area contributed by atoms with Crippen LogP contribution in [0.1, 0.15) is 31.2 Å². The molecule has 3 nitrogen and oxygen atoms in total. The molecule has 1 fully saturated rings. The van der Waals surface area contributed by atoms with E-state index in [1.165, 1.54) is 5.56 Å². The molecule has 0 saturated heterocycles. The van der Waals surface area contributed by atoms with Gasteiger partial charge < -0.3 is 10.6 Å². The van der Waals surface area contributed by atoms with Crippen molar-refractivity contribution >= 4 is 5.91 Å². The Morgan fingerprint density at radius 2 is 2.10 bits per heavy atom. The summed E-state index contributed by atoms with van der Waals surface area (Å²) < 4.78 is 0. The molecule has 2 atom stereocenters. The smallest absolute Gasteiger partial charge is 0.223 e. The lowest BCUT2D eigenvalue weighted by Crippen LogP contribution is -2.36. The van der Waals surface area contributed by atoms with Gasteiger partial charge in [-0.3, -0.25) is 4.79 Å². The zero-order chi connectivity index (χ0) is 15.1. The molecule has 1 aromatic rings. The van der Waals surface area contributed by atoms with Gasteiger partial charge in [-0.2, -0.15) is 0 Å². The van der Waals surface area contributed by atoms with E-state index in [-0.39, 0.29) is 11.9 Å². The number of carbonyl (C=O) groups is 1. The average molecular weight is 286 g/mol.